The van der Waals surface area contributed by atoms with Gasteiger partial charge in [0.15, 0.2) is 5.78 Å². The van der Waals surface area contributed by atoms with Gasteiger partial charge >= 0.3 is 0 Å². The van der Waals surface area contributed by atoms with Crippen LogP contribution in [0, 0.1) is 0 Å². The van der Waals surface area contributed by atoms with Crippen molar-refractivity contribution in [3.05, 3.63) is 45.9 Å². The Morgan fingerprint density at radius 3 is 2.61 bits per heavy atom. The first kappa shape index (κ1) is 17.4. The van der Waals surface area contributed by atoms with Crippen LogP contribution in [0.25, 0.3) is 0 Å². The molecule has 0 spiro atoms. The highest BCUT2D eigenvalue weighted by Gasteiger charge is 2.20. The smallest absolute Gasteiger partial charge is 0.267 e. The average Bonchev–Trinajstić information content (AvgIpc) is 3.22. The molecule has 1 amide bonds. The van der Waals surface area contributed by atoms with Gasteiger partial charge in [0, 0.05) is 18.3 Å². The van der Waals surface area contributed by atoms with E-state index in [2.05, 4.69) is 45.9 Å². The number of amides is 1. The second kappa shape index (κ2) is 8.08. The van der Waals surface area contributed by atoms with Crippen LogP contribution in [0.5, 0.6) is 0 Å². The molecule has 0 saturated heterocycles. The Morgan fingerprint density at radius 2 is 2.09 bits per heavy atom. The first-order chi connectivity index (χ1) is 11.1. The fourth-order valence-electron chi connectivity index (χ4n) is 2.60. The Bertz CT molecular complexity index is 645. The number of aromatic nitrogens is 1. The standard InChI is InChI=1S/C17H23N3O2S/c1-4-20(5-2)16(13-6-7-23-11-13)10-19-17(22)15-8-14(9-18-15)12(3)21/h6-9,11,16,18H,4-5,10H2,1-3H3,(H,19,22)/t16-/m1/s1. The van der Waals surface area contributed by atoms with Gasteiger partial charge in [-0.15, -0.1) is 0 Å². The van der Waals surface area contributed by atoms with E-state index in [1.165, 1.54) is 12.5 Å². The second-order valence-electron chi connectivity index (χ2n) is 5.36. The minimum atomic E-state index is -0.190. The zero-order chi connectivity index (χ0) is 16.8. The molecule has 1 atom stereocenters. The lowest BCUT2D eigenvalue weighted by atomic mass is 10.1. The van der Waals surface area contributed by atoms with Crippen molar-refractivity contribution in [2.45, 2.75) is 26.8 Å². The highest BCUT2D eigenvalue weighted by Crippen LogP contribution is 2.22. The van der Waals surface area contributed by atoms with Crippen molar-refractivity contribution >= 4 is 23.0 Å². The molecule has 5 nitrogen and oxygen atoms in total. The fourth-order valence-corrected chi connectivity index (χ4v) is 3.31. The van der Waals surface area contributed by atoms with E-state index < -0.39 is 0 Å². The number of nitrogens with zero attached hydrogens (tertiary/aromatic N) is 1. The van der Waals surface area contributed by atoms with Gasteiger partial charge in [-0.2, -0.15) is 11.3 Å². The molecule has 0 aromatic carbocycles. The number of carbonyl (C=O) groups is 2. The van der Waals surface area contributed by atoms with Gasteiger partial charge in [0.25, 0.3) is 5.91 Å². The van der Waals surface area contributed by atoms with Gasteiger partial charge in [0.2, 0.25) is 0 Å². The van der Waals surface area contributed by atoms with Gasteiger partial charge in [-0.05, 0) is 48.5 Å². The number of H-pyrrole nitrogens is 1. The van der Waals surface area contributed by atoms with Crippen molar-refractivity contribution < 1.29 is 9.59 Å². The van der Waals surface area contributed by atoms with E-state index in [9.17, 15) is 9.59 Å². The molecule has 6 heteroatoms. The SMILES string of the molecule is CCN(CC)[C@H](CNC(=O)c1cc(C(C)=O)c[nH]1)c1ccsc1. The summed E-state index contributed by atoms with van der Waals surface area (Å²) in [7, 11) is 0. The Hall–Kier alpha value is -1.92. The molecule has 0 aliphatic heterocycles. The van der Waals surface area contributed by atoms with E-state index in [1.54, 1.807) is 23.6 Å². The maximum absolute atomic E-state index is 12.3. The fraction of sp³-hybridized carbons (Fsp3) is 0.412. The number of rotatable bonds is 8. The van der Waals surface area contributed by atoms with E-state index in [1.807, 2.05) is 0 Å². The number of Topliss-reactive ketones (excluding diaryl/α,β-unsaturated/α-hetero) is 1. The molecule has 2 aromatic rings. The lowest BCUT2D eigenvalue weighted by Crippen LogP contribution is -2.38. The number of thiophene rings is 1. The molecular formula is C17H23N3O2S. The molecule has 23 heavy (non-hydrogen) atoms. The zero-order valence-corrected chi connectivity index (χ0v) is 14.6. The lowest BCUT2D eigenvalue weighted by molar-refractivity contribution is 0.0930. The largest absolute Gasteiger partial charge is 0.356 e. The number of ketones is 1. The first-order valence-electron chi connectivity index (χ1n) is 7.80. The van der Waals surface area contributed by atoms with Gasteiger partial charge in [0.1, 0.15) is 5.69 Å². The monoisotopic (exact) mass is 333 g/mol. The Balaban J connectivity index is 2.05. The van der Waals surface area contributed by atoms with Crippen LogP contribution in [0.2, 0.25) is 0 Å². The number of likely N-dealkylation sites (N-methyl/N-ethyl adjacent to an activating group) is 1. The van der Waals surface area contributed by atoms with Gasteiger partial charge in [-0.1, -0.05) is 13.8 Å². The van der Waals surface area contributed by atoms with Crippen LogP contribution in [0.3, 0.4) is 0 Å². The molecule has 2 rings (SSSR count). The number of aromatic amines is 1. The van der Waals surface area contributed by atoms with Crippen LogP contribution < -0.4 is 5.32 Å². The first-order valence-corrected chi connectivity index (χ1v) is 8.74. The molecule has 0 unspecified atom stereocenters. The van der Waals surface area contributed by atoms with E-state index in [0.717, 1.165) is 13.1 Å². The van der Waals surface area contributed by atoms with Crippen LogP contribution in [0.4, 0.5) is 0 Å². The summed E-state index contributed by atoms with van der Waals surface area (Å²) >= 11 is 1.66. The summed E-state index contributed by atoms with van der Waals surface area (Å²) in [4.78, 5) is 28.8. The van der Waals surface area contributed by atoms with Crippen LogP contribution in [-0.2, 0) is 0 Å². The summed E-state index contributed by atoms with van der Waals surface area (Å²) in [6.07, 6.45) is 1.57. The summed E-state index contributed by atoms with van der Waals surface area (Å²) in [6.45, 7) is 8.10. The molecule has 2 aromatic heterocycles. The van der Waals surface area contributed by atoms with Crippen LogP contribution in [0.15, 0.2) is 29.1 Å². The van der Waals surface area contributed by atoms with Crippen LogP contribution in [-0.4, -0.2) is 41.2 Å². The number of hydrogen-bond acceptors (Lipinski definition) is 4. The molecule has 0 saturated carbocycles. The van der Waals surface area contributed by atoms with Gasteiger partial charge < -0.3 is 10.3 Å². The summed E-state index contributed by atoms with van der Waals surface area (Å²) in [6, 6.07) is 3.85. The van der Waals surface area contributed by atoms with Gasteiger partial charge in [0.05, 0.1) is 6.04 Å². The molecule has 2 N–H and O–H groups in total. The van der Waals surface area contributed by atoms with Crippen LogP contribution in [0.1, 0.15) is 53.2 Å². The summed E-state index contributed by atoms with van der Waals surface area (Å²) in [5, 5.41) is 7.15. The Kier molecular flexibility index (Phi) is 6.12. The maximum atomic E-state index is 12.3. The minimum Gasteiger partial charge on any atom is -0.356 e. The molecule has 0 radical (unpaired) electrons. The number of carbonyl (C=O) groups excluding carboxylic acids is 2. The van der Waals surface area contributed by atoms with E-state index in [-0.39, 0.29) is 17.7 Å². The Morgan fingerprint density at radius 1 is 1.35 bits per heavy atom. The zero-order valence-electron chi connectivity index (χ0n) is 13.8. The third-order valence-electron chi connectivity index (χ3n) is 3.97. The maximum Gasteiger partial charge on any atom is 0.267 e. The van der Waals surface area contributed by atoms with E-state index in [4.69, 9.17) is 0 Å². The highest BCUT2D eigenvalue weighted by atomic mass is 32.1. The van der Waals surface area contributed by atoms with Gasteiger partial charge in [-0.25, -0.2) is 0 Å². The number of hydrogen-bond donors (Lipinski definition) is 2. The molecule has 0 aliphatic carbocycles. The van der Waals surface area contributed by atoms with Crippen molar-refractivity contribution in [2.24, 2.45) is 0 Å². The van der Waals surface area contributed by atoms with Crippen molar-refractivity contribution in [3.8, 4) is 0 Å². The normalized spacial score (nSPS) is 12.3. The van der Waals surface area contributed by atoms with Crippen molar-refractivity contribution in [2.75, 3.05) is 19.6 Å². The summed E-state index contributed by atoms with van der Waals surface area (Å²) < 4.78 is 0. The third-order valence-corrected chi connectivity index (χ3v) is 4.67. The molecule has 0 fully saturated rings. The van der Waals surface area contributed by atoms with Gasteiger partial charge in [-0.3, -0.25) is 14.5 Å². The van der Waals surface area contributed by atoms with Crippen molar-refractivity contribution in [1.29, 1.82) is 0 Å². The molecule has 124 valence electrons. The number of nitrogens with one attached hydrogen (secondary N) is 2. The summed E-state index contributed by atoms with van der Waals surface area (Å²) in [5.41, 5.74) is 2.15. The second-order valence-corrected chi connectivity index (χ2v) is 6.14. The molecule has 0 aliphatic rings. The van der Waals surface area contributed by atoms with Crippen LogP contribution >= 0.6 is 11.3 Å². The predicted octanol–water partition coefficient (Wildman–Crippen LogP) is 3.09. The Labute approximate surface area is 140 Å². The minimum absolute atomic E-state index is 0.0559. The van der Waals surface area contributed by atoms with Crippen molar-refractivity contribution in [1.82, 2.24) is 15.2 Å². The highest BCUT2D eigenvalue weighted by molar-refractivity contribution is 7.07. The topological polar surface area (TPSA) is 65.2 Å². The average molecular weight is 333 g/mol. The van der Waals surface area contributed by atoms with Crippen molar-refractivity contribution in [3.63, 3.8) is 0 Å². The third kappa shape index (κ3) is 4.30. The quantitative estimate of drug-likeness (QED) is 0.730. The molecule has 0 bridgehead atoms. The predicted molar refractivity (Wildman–Crippen MR) is 93.1 cm³/mol. The molecular weight excluding hydrogens is 310 g/mol. The lowest BCUT2D eigenvalue weighted by Gasteiger charge is -2.29. The molecule has 2 heterocycles. The summed E-state index contributed by atoms with van der Waals surface area (Å²) in [5.74, 6) is -0.246. The van der Waals surface area contributed by atoms with E-state index in [0.29, 0.717) is 17.8 Å². The van der Waals surface area contributed by atoms with E-state index >= 15 is 0 Å².